The number of ether oxygens (including phenoxy) is 1. The standard InChI is InChI=1S/C17H25NO/c1-13-7-8-17(19-12-14-4-2-5-14)15(10-13)11-16-6-3-9-18-16/h7-8,10,14,16,18H,2-6,9,11-12H2,1H3. The highest BCUT2D eigenvalue weighted by molar-refractivity contribution is 5.37. The predicted molar refractivity (Wildman–Crippen MR) is 78.7 cm³/mol. The summed E-state index contributed by atoms with van der Waals surface area (Å²) >= 11 is 0. The van der Waals surface area contributed by atoms with Crippen LogP contribution in [0.5, 0.6) is 5.75 Å². The molecule has 1 N–H and O–H groups in total. The Morgan fingerprint density at radius 1 is 1.21 bits per heavy atom. The number of hydrogen-bond donors (Lipinski definition) is 1. The second-order valence-corrected chi connectivity index (χ2v) is 6.22. The van der Waals surface area contributed by atoms with Gasteiger partial charge in [0.25, 0.3) is 0 Å². The van der Waals surface area contributed by atoms with Crippen LogP contribution in [0.15, 0.2) is 18.2 Å². The van der Waals surface area contributed by atoms with Crippen LogP contribution in [0.3, 0.4) is 0 Å². The molecule has 3 rings (SSSR count). The Balaban J connectivity index is 1.66. The van der Waals surface area contributed by atoms with Gasteiger partial charge in [-0.1, -0.05) is 24.1 Å². The highest BCUT2D eigenvalue weighted by Gasteiger charge is 2.20. The molecule has 2 nitrogen and oxygen atoms in total. The molecule has 2 aliphatic rings. The van der Waals surface area contributed by atoms with Crippen molar-refractivity contribution in [3.8, 4) is 5.75 Å². The number of hydrogen-bond acceptors (Lipinski definition) is 2. The minimum Gasteiger partial charge on any atom is -0.493 e. The quantitative estimate of drug-likeness (QED) is 0.874. The topological polar surface area (TPSA) is 21.3 Å². The fraction of sp³-hybridized carbons (Fsp3) is 0.647. The molecule has 1 saturated carbocycles. The van der Waals surface area contributed by atoms with Crippen molar-refractivity contribution in [3.05, 3.63) is 29.3 Å². The van der Waals surface area contributed by atoms with Crippen molar-refractivity contribution in [2.24, 2.45) is 5.92 Å². The monoisotopic (exact) mass is 259 g/mol. The van der Waals surface area contributed by atoms with Gasteiger partial charge in [-0.2, -0.15) is 0 Å². The van der Waals surface area contributed by atoms with Gasteiger partial charge in [0.1, 0.15) is 5.75 Å². The first kappa shape index (κ1) is 13.0. The largest absolute Gasteiger partial charge is 0.493 e. The van der Waals surface area contributed by atoms with Crippen LogP contribution in [0.4, 0.5) is 0 Å². The van der Waals surface area contributed by atoms with Crippen LogP contribution < -0.4 is 10.1 Å². The van der Waals surface area contributed by atoms with Gasteiger partial charge in [-0.15, -0.1) is 0 Å². The third-order valence-corrected chi connectivity index (χ3v) is 4.54. The summed E-state index contributed by atoms with van der Waals surface area (Å²) in [7, 11) is 0. The molecule has 1 aromatic rings. The van der Waals surface area contributed by atoms with Gasteiger partial charge >= 0.3 is 0 Å². The average Bonchev–Trinajstić information content (AvgIpc) is 2.82. The molecule has 1 atom stereocenters. The fourth-order valence-electron chi connectivity index (χ4n) is 3.07. The highest BCUT2D eigenvalue weighted by Crippen LogP contribution is 2.29. The van der Waals surface area contributed by atoms with Crippen LogP contribution in [0, 0.1) is 12.8 Å². The van der Waals surface area contributed by atoms with Gasteiger partial charge in [0.2, 0.25) is 0 Å². The molecule has 1 aromatic carbocycles. The van der Waals surface area contributed by atoms with E-state index >= 15 is 0 Å². The Bertz CT molecular complexity index is 419. The first-order valence-electron chi connectivity index (χ1n) is 7.77. The van der Waals surface area contributed by atoms with Gasteiger partial charge in [-0.25, -0.2) is 0 Å². The summed E-state index contributed by atoms with van der Waals surface area (Å²) in [4.78, 5) is 0. The zero-order valence-electron chi connectivity index (χ0n) is 12.0. The third-order valence-electron chi connectivity index (χ3n) is 4.54. The summed E-state index contributed by atoms with van der Waals surface area (Å²) < 4.78 is 6.08. The minimum atomic E-state index is 0.646. The van der Waals surface area contributed by atoms with Crippen LogP contribution in [0.25, 0.3) is 0 Å². The fourth-order valence-corrected chi connectivity index (χ4v) is 3.07. The molecule has 0 aromatic heterocycles. The van der Waals surface area contributed by atoms with Gasteiger partial charge in [0.05, 0.1) is 6.61 Å². The van der Waals surface area contributed by atoms with E-state index < -0.39 is 0 Å². The molecule has 0 spiro atoms. The van der Waals surface area contributed by atoms with Crippen LogP contribution in [-0.4, -0.2) is 19.2 Å². The maximum Gasteiger partial charge on any atom is 0.122 e. The minimum absolute atomic E-state index is 0.646. The van der Waals surface area contributed by atoms with Crippen molar-refractivity contribution >= 4 is 0 Å². The summed E-state index contributed by atoms with van der Waals surface area (Å²) in [5.41, 5.74) is 2.72. The highest BCUT2D eigenvalue weighted by atomic mass is 16.5. The second-order valence-electron chi connectivity index (χ2n) is 6.22. The molecule has 1 heterocycles. The molecule has 1 saturated heterocycles. The Morgan fingerprint density at radius 2 is 2.11 bits per heavy atom. The van der Waals surface area contributed by atoms with Crippen LogP contribution in [0.2, 0.25) is 0 Å². The molecule has 19 heavy (non-hydrogen) atoms. The Labute approximate surface area is 116 Å². The molecule has 0 radical (unpaired) electrons. The zero-order chi connectivity index (χ0) is 13.1. The van der Waals surface area contributed by atoms with Crippen LogP contribution in [0.1, 0.15) is 43.2 Å². The van der Waals surface area contributed by atoms with Crippen LogP contribution in [-0.2, 0) is 6.42 Å². The summed E-state index contributed by atoms with van der Waals surface area (Å²) in [5, 5.41) is 3.58. The van der Waals surface area contributed by atoms with Crippen LogP contribution >= 0.6 is 0 Å². The number of benzene rings is 1. The zero-order valence-corrected chi connectivity index (χ0v) is 12.0. The van der Waals surface area contributed by atoms with Gasteiger partial charge in [0, 0.05) is 6.04 Å². The van der Waals surface area contributed by atoms with E-state index in [-0.39, 0.29) is 0 Å². The van der Waals surface area contributed by atoms with Crippen molar-refractivity contribution < 1.29 is 4.74 Å². The van der Waals surface area contributed by atoms with E-state index in [1.165, 1.54) is 49.8 Å². The Morgan fingerprint density at radius 3 is 2.79 bits per heavy atom. The van der Waals surface area contributed by atoms with E-state index in [9.17, 15) is 0 Å². The lowest BCUT2D eigenvalue weighted by Crippen LogP contribution is -2.24. The number of nitrogens with one attached hydrogen (secondary N) is 1. The lowest BCUT2D eigenvalue weighted by molar-refractivity contribution is 0.179. The maximum atomic E-state index is 6.08. The Hall–Kier alpha value is -1.02. The van der Waals surface area contributed by atoms with Gasteiger partial charge in [0.15, 0.2) is 0 Å². The number of aryl methyl sites for hydroxylation is 1. The SMILES string of the molecule is Cc1ccc(OCC2CCC2)c(CC2CCCN2)c1. The molecule has 1 unspecified atom stereocenters. The lowest BCUT2D eigenvalue weighted by atomic mass is 9.86. The first-order chi connectivity index (χ1) is 9.31. The molecular weight excluding hydrogens is 234 g/mol. The van der Waals surface area contributed by atoms with E-state index in [2.05, 4.69) is 30.4 Å². The van der Waals surface area contributed by atoms with Crippen molar-refractivity contribution in [1.82, 2.24) is 5.32 Å². The number of rotatable bonds is 5. The van der Waals surface area contributed by atoms with Crippen molar-refractivity contribution in [2.75, 3.05) is 13.2 Å². The maximum absolute atomic E-state index is 6.08. The average molecular weight is 259 g/mol. The van der Waals surface area contributed by atoms with Gasteiger partial charge in [-0.05, 0) is 63.1 Å². The normalized spacial score (nSPS) is 23.3. The second kappa shape index (κ2) is 5.96. The Kier molecular flexibility index (Phi) is 4.07. The summed E-state index contributed by atoms with van der Waals surface area (Å²) in [6.45, 7) is 4.25. The van der Waals surface area contributed by atoms with Crippen molar-refractivity contribution in [1.29, 1.82) is 0 Å². The van der Waals surface area contributed by atoms with Gasteiger partial charge < -0.3 is 10.1 Å². The van der Waals surface area contributed by atoms with Crippen molar-refractivity contribution in [3.63, 3.8) is 0 Å². The molecule has 1 aliphatic carbocycles. The lowest BCUT2D eigenvalue weighted by Gasteiger charge is -2.26. The van der Waals surface area contributed by atoms with E-state index in [0.29, 0.717) is 6.04 Å². The smallest absolute Gasteiger partial charge is 0.122 e. The molecule has 1 aliphatic heterocycles. The van der Waals surface area contributed by atoms with E-state index in [1.54, 1.807) is 0 Å². The predicted octanol–water partition coefficient (Wildman–Crippen LogP) is 3.47. The van der Waals surface area contributed by atoms with Gasteiger partial charge in [-0.3, -0.25) is 0 Å². The molecule has 2 heteroatoms. The van der Waals surface area contributed by atoms with Crippen molar-refractivity contribution in [2.45, 2.75) is 51.5 Å². The molecule has 2 fully saturated rings. The summed E-state index contributed by atoms with van der Waals surface area (Å²) in [5.74, 6) is 1.92. The third kappa shape index (κ3) is 3.30. The first-order valence-corrected chi connectivity index (χ1v) is 7.77. The van der Waals surface area contributed by atoms with E-state index in [1.807, 2.05) is 0 Å². The molecular formula is C17H25NO. The summed E-state index contributed by atoms with van der Waals surface area (Å²) in [6, 6.07) is 7.28. The molecule has 0 amide bonds. The van der Waals surface area contributed by atoms with E-state index in [4.69, 9.17) is 4.74 Å². The molecule has 0 bridgehead atoms. The molecule has 104 valence electrons. The van der Waals surface area contributed by atoms with E-state index in [0.717, 1.165) is 24.7 Å². The summed E-state index contributed by atoms with van der Waals surface area (Å²) in [6.07, 6.45) is 7.82.